The van der Waals surface area contributed by atoms with Crippen molar-refractivity contribution in [2.75, 3.05) is 0 Å². The summed E-state index contributed by atoms with van der Waals surface area (Å²) in [5.74, 6) is -1.35. The SMILES string of the molecule is NC(=O)[C@@H](O)Cc1ccc(F)c(Cl)c1. The summed E-state index contributed by atoms with van der Waals surface area (Å²) >= 11 is 5.50. The third-order valence-electron chi connectivity index (χ3n) is 1.74. The number of hydrogen-bond acceptors (Lipinski definition) is 2. The molecule has 1 aromatic rings. The normalized spacial score (nSPS) is 12.5. The zero-order chi connectivity index (χ0) is 10.7. The van der Waals surface area contributed by atoms with Gasteiger partial charge in [0.05, 0.1) is 5.02 Å². The number of halogens is 2. The summed E-state index contributed by atoms with van der Waals surface area (Å²) in [5, 5.41) is 9.09. The van der Waals surface area contributed by atoms with Crippen molar-refractivity contribution in [2.24, 2.45) is 5.73 Å². The van der Waals surface area contributed by atoms with Gasteiger partial charge in [0.25, 0.3) is 0 Å². The fourth-order valence-electron chi connectivity index (χ4n) is 0.990. The summed E-state index contributed by atoms with van der Waals surface area (Å²) < 4.78 is 12.7. The van der Waals surface area contributed by atoms with Crippen molar-refractivity contribution in [3.63, 3.8) is 0 Å². The van der Waals surface area contributed by atoms with Crippen molar-refractivity contribution < 1.29 is 14.3 Å². The minimum Gasteiger partial charge on any atom is -0.383 e. The lowest BCUT2D eigenvalue weighted by atomic mass is 10.1. The number of carbonyl (C=O) groups is 1. The molecule has 1 amide bonds. The smallest absolute Gasteiger partial charge is 0.246 e. The van der Waals surface area contributed by atoms with E-state index in [1.54, 1.807) is 0 Å². The van der Waals surface area contributed by atoms with Gasteiger partial charge in [-0.3, -0.25) is 4.79 Å². The largest absolute Gasteiger partial charge is 0.383 e. The molecule has 0 saturated heterocycles. The Kier molecular flexibility index (Phi) is 3.43. The predicted octanol–water partition coefficient (Wildman–Crippen LogP) is 0.868. The molecular formula is C9H9ClFNO2. The van der Waals surface area contributed by atoms with E-state index in [0.29, 0.717) is 5.56 Å². The van der Waals surface area contributed by atoms with Crippen LogP contribution in [0.25, 0.3) is 0 Å². The molecule has 76 valence electrons. The Morgan fingerprint density at radius 1 is 1.64 bits per heavy atom. The monoisotopic (exact) mass is 217 g/mol. The number of nitrogens with two attached hydrogens (primary N) is 1. The molecule has 0 unspecified atom stereocenters. The molecule has 3 N–H and O–H groups in total. The van der Waals surface area contributed by atoms with E-state index in [9.17, 15) is 9.18 Å². The van der Waals surface area contributed by atoms with Gasteiger partial charge >= 0.3 is 0 Å². The Morgan fingerprint density at radius 3 is 2.79 bits per heavy atom. The molecule has 0 radical (unpaired) electrons. The summed E-state index contributed by atoms with van der Waals surface area (Å²) in [7, 11) is 0. The molecule has 5 heteroatoms. The minimum absolute atomic E-state index is 0.0370. The molecule has 3 nitrogen and oxygen atoms in total. The van der Waals surface area contributed by atoms with Crippen LogP contribution < -0.4 is 5.73 Å². The summed E-state index contributed by atoms with van der Waals surface area (Å²) in [6, 6.07) is 3.96. The van der Waals surface area contributed by atoms with E-state index in [0.717, 1.165) is 0 Å². The van der Waals surface area contributed by atoms with Crippen LogP contribution in [0.15, 0.2) is 18.2 Å². The van der Waals surface area contributed by atoms with Gasteiger partial charge in [-0.25, -0.2) is 4.39 Å². The summed E-state index contributed by atoms with van der Waals surface area (Å²) in [6.07, 6.45) is -1.23. The fraction of sp³-hybridized carbons (Fsp3) is 0.222. The Balaban J connectivity index is 2.78. The molecular weight excluding hydrogens is 209 g/mol. The Morgan fingerprint density at radius 2 is 2.29 bits per heavy atom. The molecule has 0 aliphatic carbocycles. The second-order valence-corrected chi connectivity index (χ2v) is 3.28. The summed E-state index contributed by atoms with van der Waals surface area (Å²) in [6.45, 7) is 0. The maximum atomic E-state index is 12.7. The molecule has 1 aromatic carbocycles. The maximum absolute atomic E-state index is 12.7. The Labute approximate surface area is 85.3 Å². The summed E-state index contributed by atoms with van der Waals surface area (Å²) in [5.41, 5.74) is 5.41. The van der Waals surface area contributed by atoms with Crippen molar-refractivity contribution in [1.82, 2.24) is 0 Å². The second kappa shape index (κ2) is 4.39. The molecule has 1 rings (SSSR count). The van der Waals surface area contributed by atoms with Crippen molar-refractivity contribution in [1.29, 1.82) is 0 Å². The first kappa shape index (κ1) is 10.9. The number of amides is 1. The highest BCUT2D eigenvalue weighted by molar-refractivity contribution is 6.30. The second-order valence-electron chi connectivity index (χ2n) is 2.87. The highest BCUT2D eigenvalue weighted by atomic mass is 35.5. The van der Waals surface area contributed by atoms with Crippen LogP contribution in [0, 0.1) is 5.82 Å². The van der Waals surface area contributed by atoms with Crippen LogP contribution in [0.3, 0.4) is 0 Å². The molecule has 1 atom stereocenters. The van der Waals surface area contributed by atoms with Crippen molar-refractivity contribution >= 4 is 17.5 Å². The lowest BCUT2D eigenvalue weighted by molar-refractivity contribution is -0.125. The van der Waals surface area contributed by atoms with Gasteiger partial charge < -0.3 is 10.8 Å². The summed E-state index contributed by atoms with van der Waals surface area (Å²) in [4.78, 5) is 10.5. The van der Waals surface area contributed by atoms with E-state index in [-0.39, 0.29) is 11.4 Å². The number of benzene rings is 1. The van der Waals surface area contributed by atoms with Crippen LogP contribution in [0.2, 0.25) is 5.02 Å². The van der Waals surface area contributed by atoms with Crippen molar-refractivity contribution in [3.8, 4) is 0 Å². The van der Waals surface area contributed by atoms with E-state index in [4.69, 9.17) is 22.4 Å². The van der Waals surface area contributed by atoms with Gasteiger partial charge in [-0.1, -0.05) is 17.7 Å². The number of rotatable bonds is 3. The molecule has 0 heterocycles. The topological polar surface area (TPSA) is 63.3 Å². The van der Waals surface area contributed by atoms with E-state index in [1.807, 2.05) is 0 Å². The number of carbonyl (C=O) groups excluding carboxylic acids is 1. The first-order valence-electron chi connectivity index (χ1n) is 3.92. The van der Waals surface area contributed by atoms with E-state index < -0.39 is 17.8 Å². The third kappa shape index (κ3) is 2.68. The van der Waals surface area contributed by atoms with Gasteiger partial charge in [-0.2, -0.15) is 0 Å². The van der Waals surface area contributed by atoms with Crippen LogP contribution in [0.1, 0.15) is 5.56 Å². The highest BCUT2D eigenvalue weighted by Crippen LogP contribution is 2.16. The van der Waals surface area contributed by atoms with E-state index >= 15 is 0 Å². The van der Waals surface area contributed by atoms with Crippen molar-refractivity contribution in [3.05, 3.63) is 34.6 Å². The Hall–Kier alpha value is -1.13. The number of primary amides is 1. The molecule has 0 spiro atoms. The van der Waals surface area contributed by atoms with Gasteiger partial charge in [0.2, 0.25) is 5.91 Å². The van der Waals surface area contributed by atoms with Crippen molar-refractivity contribution in [2.45, 2.75) is 12.5 Å². The third-order valence-corrected chi connectivity index (χ3v) is 2.03. The Bertz CT molecular complexity index is 357. The lowest BCUT2D eigenvalue weighted by Crippen LogP contribution is -2.30. The molecule has 0 aliphatic rings. The number of hydrogen-bond donors (Lipinski definition) is 2. The average Bonchev–Trinajstić information content (AvgIpc) is 2.11. The maximum Gasteiger partial charge on any atom is 0.246 e. The lowest BCUT2D eigenvalue weighted by Gasteiger charge is -2.06. The van der Waals surface area contributed by atoms with Gasteiger partial charge in [0, 0.05) is 6.42 Å². The number of aliphatic hydroxyl groups excluding tert-OH is 1. The van der Waals surface area contributed by atoms with Crippen LogP contribution in [0.5, 0.6) is 0 Å². The van der Waals surface area contributed by atoms with E-state index in [2.05, 4.69) is 0 Å². The molecule has 0 fully saturated rings. The average molecular weight is 218 g/mol. The zero-order valence-corrected chi connectivity index (χ0v) is 7.96. The molecule has 14 heavy (non-hydrogen) atoms. The minimum atomic E-state index is -1.27. The fourth-order valence-corrected chi connectivity index (χ4v) is 1.19. The quantitative estimate of drug-likeness (QED) is 0.789. The standard InChI is InChI=1S/C9H9ClFNO2/c10-6-3-5(1-2-7(6)11)4-8(13)9(12)14/h1-3,8,13H,4H2,(H2,12,14)/t8-/m0/s1. The van der Waals surface area contributed by atoms with Crippen LogP contribution in [-0.2, 0) is 11.2 Å². The van der Waals surface area contributed by atoms with Crippen LogP contribution >= 0.6 is 11.6 Å². The van der Waals surface area contributed by atoms with Gasteiger partial charge in [-0.15, -0.1) is 0 Å². The van der Waals surface area contributed by atoms with E-state index in [1.165, 1.54) is 18.2 Å². The molecule has 0 bridgehead atoms. The van der Waals surface area contributed by atoms with Crippen LogP contribution in [-0.4, -0.2) is 17.1 Å². The number of aliphatic hydroxyl groups is 1. The zero-order valence-electron chi connectivity index (χ0n) is 7.21. The first-order chi connectivity index (χ1) is 6.50. The molecule has 0 saturated carbocycles. The van der Waals surface area contributed by atoms with Gasteiger partial charge in [-0.05, 0) is 17.7 Å². The molecule has 0 aromatic heterocycles. The van der Waals surface area contributed by atoms with Gasteiger partial charge in [0.15, 0.2) is 0 Å². The predicted molar refractivity (Wildman–Crippen MR) is 50.3 cm³/mol. The molecule has 0 aliphatic heterocycles. The first-order valence-corrected chi connectivity index (χ1v) is 4.30. The highest BCUT2D eigenvalue weighted by Gasteiger charge is 2.12. The van der Waals surface area contributed by atoms with Gasteiger partial charge in [0.1, 0.15) is 11.9 Å². The van der Waals surface area contributed by atoms with Crippen LogP contribution in [0.4, 0.5) is 4.39 Å².